The molecule has 0 unspecified atom stereocenters. The average Bonchev–Trinajstić information content (AvgIpc) is 3.31. The monoisotopic (exact) mass is 440 g/mol. The van der Waals surface area contributed by atoms with Crippen LogP contribution in [-0.2, 0) is 17.5 Å². The number of hydrogen-bond acceptors (Lipinski definition) is 6. The smallest absolute Gasteiger partial charge is 0.435 e. The van der Waals surface area contributed by atoms with Gasteiger partial charge in [-0.05, 0) is 37.3 Å². The van der Waals surface area contributed by atoms with Crippen molar-refractivity contribution in [1.29, 1.82) is 0 Å². The van der Waals surface area contributed by atoms with E-state index in [0.717, 1.165) is 29.2 Å². The second-order valence-electron chi connectivity index (χ2n) is 6.51. The molecule has 3 aromatic rings. The van der Waals surface area contributed by atoms with Crippen molar-refractivity contribution < 1.29 is 36.3 Å². The highest BCUT2D eigenvalue weighted by Gasteiger charge is 2.42. The Labute approximate surface area is 173 Å². The summed E-state index contributed by atoms with van der Waals surface area (Å²) in [5, 5.41) is 6.85. The minimum absolute atomic E-state index is 0.118. The number of aromatic nitrogens is 3. The summed E-state index contributed by atoms with van der Waals surface area (Å²) in [6.07, 6.45) is -4.97. The third kappa shape index (κ3) is 4.42. The molecule has 0 spiro atoms. The van der Waals surface area contributed by atoms with Gasteiger partial charge >= 0.3 is 12.1 Å². The first-order chi connectivity index (χ1) is 14.5. The Morgan fingerprint density at radius 2 is 1.87 bits per heavy atom. The van der Waals surface area contributed by atoms with E-state index in [1.165, 1.54) is 27.1 Å². The summed E-state index contributed by atoms with van der Waals surface area (Å²) in [7, 11) is 2.43. The Hall–Kier alpha value is -3.70. The quantitative estimate of drug-likeness (QED) is 0.446. The van der Waals surface area contributed by atoms with Crippen molar-refractivity contribution in [2.24, 2.45) is 0 Å². The van der Waals surface area contributed by atoms with Gasteiger partial charge in [0, 0.05) is 7.05 Å². The normalized spacial score (nSPS) is 11.5. The standard InChI is InChI=1S/C19H16F4N4O4/c1-10-14(18(29)30-3)8-13(31-10)9-26(2)17(28)15-16(19(21,22)23)27(25-24-15)12-6-4-11(20)5-7-12/h4-8H,9H2,1-3H3. The van der Waals surface area contributed by atoms with Crippen molar-refractivity contribution >= 4 is 11.9 Å². The lowest BCUT2D eigenvalue weighted by atomic mass is 10.2. The number of alkyl halides is 3. The molecule has 1 amide bonds. The number of amides is 1. The van der Waals surface area contributed by atoms with Crippen molar-refractivity contribution in [3.05, 3.63) is 64.6 Å². The molecule has 164 valence electrons. The van der Waals surface area contributed by atoms with Crippen LogP contribution in [0.1, 0.15) is 38.1 Å². The van der Waals surface area contributed by atoms with Crippen LogP contribution in [0.2, 0.25) is 0 Å². The Bertz CT molecular complexity index is 1120. The van der Waals surface area contributed by atoms with Gasteiger partial charge in [-0.15, -0.1) is 5.10 Å². The van der Waals surface area contributed by atoms with Gasteiger partial charge in [0.05, 0.1) is 19.3 Å². The second-order valence-corrected chi connectivity index (χ2v) is 6.51. The number of rotatable bonds is 5. The molecule has 0 fully saturated rings. The number of aryl methyl sites for hydroxylation is 1. The van der Waals surface area contributed by atoms with E-state index in [1.807, 2.05) is 0 Å². The van der Waals surface area contributed by atoms with Crippen LogP contribution in [0.25, 0.3) is 5.69 Å². The lowest BCUT2D eigenvalue weighted by molar-refractivity contribution is -0.143. The number of ether oxygens (including phenoxy) is 1. The van der Waals surface area contributed by atoms with E-state index in [9.17, 15) is 27.2 Å². The van der Waals surface area contributed by atoms with Crippen molar-refractivity contribution in [2.75, 3.05) is 14.2 Å². The molecular formula is C19H16F4N4O4. The Morgan fingerprint density at radius 3 is 2.45 bits per heavy atom. The molecule has 0 radical (unpaired) electrons. The summed E-state index contributed by atoms with van der Waals surface area (Å²) in [4.78, 5) is 25.3. The van der Waals surface area contributed by atoms with Gasteiger partial charge < -0.3 is 14.1 Å². The SMILES string of the molecule is COC(=O)c1cc(CN(C)C(=O)c2nnn(-c3ccc(F)cc3)c2C(F)(F)F)oc1C. The van der Waals surface area contributed by atoms with Gasteiger partial charge in [-0.2, -0.15) is 13.2 Å². The summed E-state index contributed by atoms with van der Waals surface area (Å²) < 4.78 is 64.7. The minimum Gasteiger partial charge on any atom is -0.465 e. The summed E-state index contributed by atoms with van der Waals surface area (Å²) in [6.45, 7) is 1.27. The van der Waals surface area contributed by atoms with Gasteiger partial charge in [0.25, 0.3) is 5.91 Å². The van der Waals surface area contributed by atoms with Crippen LogP contribution in [0, 0.1) is 12.7 Å². The summed E-state index contributed by atoms with van der Waals surface area (Å²) in [6, 6.07) is 5.42. The van der Waals surface area contributed by atoms with Crippen LogP contribution >= 0.6 is 0 Å². The molecule has 0 aliphatic carbocycles. The maximum Gasteiger partial charge on any atom is 0.435 e. The van der Waals surface area contributed by atoms with Crippen LogP contribution in [0.15, 0.2) is 34.7 Å². The third-order valence-electron chi connectivity index (χ3n) is 4.33. The molecule has 0 N–H and O–H groups in total. The molecule has 12 heteroatoms. The molecule has 31 heavy (non-hydrogen) atoms. The third-order valence-corrected chi connectivity index (χ3v) is 4.33. The molecular weight excluding hydrogens is 424 g/mol. The van der Waals surface area contributed by atoms with Crippen molar-refractivity contribution in [3.63, 3.8) is 0 Å². The van der Waals surface area contributed by atoms with Crippen molar-refractivity contribution in [1.82, 2.24) is 19.9 Å². The molecule has 3 rings (SSSR count). The van der Waals surface area contributed by atoms with E-state index in [1.54, 1.807) is 0 Å². The van der Waals surface area contributed by atoms with Gasteiger partial charge in [-0.25, -0.2) is 13.9 Å². The Kier molecular flexibility index (Phi) is 5.82. The van der Waals surface area contributed by atoms with Crippen LogP contribution in [-0.4, -0.2) is 45.9 Å². The van der Waals surface area contributed by atoms with Gasteiger partial charge in [0.1, 0.15) is 22.9 Å². The molecule has 0 aliphatic heterocycles. The lowest BCUT2D eigenvalue weighted by Gasteiger charge is -2.16. The van der Waals surface area contributed by atoms with Crippen LogP contribution < -0.4 is 0 Å². The number of nitrogens with zero attached hydrogens (tertiary/aromatic N) is 4. The molecule has 0 atom stereocenters. The minimum atomic E-state index is -4.97. The first-order valence-corrected chi connectivity index (χ1v) is 8.74. The van der Waals surface area contributed by atoms with E-state index in [2.05, 4.69) is 15.0 Å². The number of halogens is 4. The molecule has 2 aromatic heterocycles. The van der Waals surface area contributed by atoms with Gasteiger partial charge in [-0.3, -0.25) is 4.79 Å². The number of methoxy groups -OCH3 is 1. The highest BCUT2D eigenvalue weighted by Crippen LogP contribution is 2.33. The fourth-order valence-electron chi connectivity index (χ4n) is 2.86. The van der Waals surface area contributed by atoms with Gasteiger partial charge in [-0.1, -0.05) is 5.21 Å². The average molecular weight is 440 g/mol. The summed E-state index contributed by atoms with van der Waals surface area (Å²) >= 11 is 0. The molecule has 1 aromatic carbocycles. The van der Waals surface area contributed by atoms with Crippen LogP contribution in [0.5, 0.6) is 0 Å². The Balaban J connectivity index is 1.92. The van der Waals surface area contributed by atoms with E-state index in [-0.39, 0.29) is 29.3 Å². The van der Waals surface area contributed by atoms with E-state index < -0.39 is 35.3 Å². The first-order valence-electron chi connectivity index (χ1n) is 8.74. The summed E-state index contributed by atoms with van der Waals surface area (Å²) in [5.74, 6) is -1.97. The highest BCUT2D eigenvalue weighted by molar-refractivity contribution is 5.93. The molecule has 0 bridgehead atoms. The molecule has 0 aliphatic rings. The molecule has 0 saturated carbocycles. The van der Waals surface area contributed by atoms with Crippen LogP contribution in [0.3, 0.4) is 0 Å². The number of furan rings is 1. The number of benzene rings is 1. The fourth-order valence-corrected chi connectivity index (χ4v) is 2.86. The number of esters is 1. The highest BCUT2D eigenvalue weighted by atomic mass is 19.4. The van der Waals surface area contributed by atoms with Crippen molar-refractivity contribution in [3.8, 4) is 5.69 Å². The second kappa shape index (κ2) is 8.20. The first kappa shape index (κ1) is 22.0. The Morgan fingerprint density at radius 1 is 1.23 bits per heavy atom. The summed E-state index contributed by atoms with van der Waals surface area (Å²) in [5.41, 5.74) is -2.32. The largest absolute Gasteiger partial charge is 0.465 e. The topological polar surface area (TPSA) is 90.5 Å². The van der Waals surface area contributed by atoms with Gasteiger partial charge in [0.2, 0.25) is 0 Å². The fraction of sp³-hybridized carbons (Fsp3) is 0.263. The number of carbonyl (C=O) groups excluding carboxylic acids is 2. The zero-order chi connectivity index (χ0) is 22.9. The zero-order valence-electron chi connectivity index (χ0n) is 16.5. The molecule has 2 heterocycles. The molecule has 0 saturated heterocycles. The number of carbonyl (C=O) groups is 2. The predicted octanol–water partition coefficient (Wildman–Crippen LogP) is 3.39. The number of hydrogen-bond donors (Lipinski definition) is 0. The van der Waals surface area contributed by atoms with Crippen LogP contribution in [0.4, 0.5) is 17.6 Å². The van der Waals surface area contributed by atoms with Crippen molar-refractivity contribution in [2.45, 2.75) is 19.6 Å². The lowest BCUT2D eigenvalue weighted by Crippen LogP contribution is -2.29. The zero-order valence-corrected chi connectivity index (χ0v) is 16.5. The van der Waals surface area contributed by atoms with E-state index in [0.29, 0.717) is 4.68 Å². The molecule has 8 nitrogen and oxygen atoms in total. The van der Waals surface area contributed by atoms with E-state index >= 15 is 0 Å². The predicted molar refractivity (Wildman–Crippen MR) is 96.9 cm³/mol. The van der Waals surface area contributed by atoms with E-state index in [4.69, 9.17) is 4.42 Å². The van der Waals surface area contributed by atoms with Gasteiger partial charge in [0.15, 0.2) is 11.4 Å². The maximum atomic E-state index is 13.7. The maximum absolute atomic E-state index is 13.7.